The van der Waals surface area contributed by atoms with E-state index in [0.29, 0.717) is 5.91 Å². The Morgan fingerprint density at radius 2 is 1.89 bits per heavy atom. The lowest BCUT2D eigenvalue weighted by Crippen LogP contribution is -2.43. The van der Waals surface area contributed by atoms with Gasteiger partial charge in [0.05, 0.1) is 13.2 Å². The maximum atomic E-state index is 12.2. The molecule has 3 heterocycles. The van der Waals surface area contributed by atoms with Crippen molar-refractivity contribution in [3.63, 3.8) is 0 Å². The highest BCUT2D eigenvalue weighted by Gasteiger charge is 2.43. The normalized spacial score (nSPS) is 28.2. The molecule has 3 rings (SSSR count). The number of ether oxygens (including phenoxy) is 1. The molecule has 0 atom stereocenters. The zero-order chi connectivity index (χ0) is 13.1. The second kappa shape index (κ2) is 5.77. The van der Waals surface area contributed by atoms with Crippen molar-refractivity contribution < 1.29 is 9.53 Å². The SMILES string of the molecule is O=C1CC2(CCNCC2)CN1CCN1CCOCC1. The van der Waals surface area contributed by atoms with Crippen LogP contribution in [0.5, 0.6) is 0 Å². The smallest absolute Gasteiger partial charge is 0.223 e. The van der Waals surface area contributed by atoms with Gasteiger partial charge >= 0.3 is 0 Å². The third-order valence-electron chi connectivity index (χ3n) is 4.86. The van der Waals surface area contributed by atoms with E-state index < -0.39 is 0 Å². The Kier molecular flexibility index (Phi) is 4.05. The van der Waals surface area contributed by atoms with E-state index in [1.807, 2.05) is 0 Å². The molecule has 0 bridgehead atoms. The first-order valence-electron chi connectivity index (χ1n) is 7.56. The van der Waals surface area contributed by atoms with E-state index in [1.165, 1.54) is 0 Å². The zero-order valence-electron chi connectivity index (χ0n) is 11.7. The molecule has 3 saturated heterocycles. The fourth-order valence-corrected chi connectivity index (χ4v) is 3.56. The first-order valence-corrected chi connectivity index (χ1v) is 7.56. The highest BCUT2D eigenvalue weighted by Crippen LogP contribution is 2.39. The molecule has 0 saturated carbocycles. The molecule has 3 aliphatic heterocycles. The largest absolute Gasteiger partial charge is 0.379 e. The quantitative estimate of drug-likeness (QED) is 0.777. The number of carbonyl (C=O) groups excluding carboxylic acids is 1. The second-order valence-electron chi connectivity index (χ2n) is 6.20. The van der Waals surface area contributed by atoms with Gasteiger partial charge in [-0.3, -0.25) is 9.69 Å². The van der Waals surface area contributed by atoms with Gasteiger partial charge in [0.15, 0.2) is 0 Å². The summed E-state index contributed by atoms with van der Waals surface area (Å²) in [6, 6.07) is 0. The predicted octanol–water partition coefficient (Wildman–Crippen LogP) is -0.0793. The van der Waals surface area contributed by atoms with Crippen molar-refractivity contribution in [1.82, 2.24) is 15.1 Å². The molecule has 0 aromatic carbocycles. The number of likely N-dealkylation sites (tertiary alicyclic amines) is 1. The minimum Gasteiger partial charge on any atom is -0.379 e. The van der Waals surface area contributed by atoms with Crippen LogP contribution >= 0.6 is 0 Å². The van der Waals surface area contributed by atoms with Crippen LogP contribution in [0.1, 0.15) is 19.3 Å². The van der Waals surface area contributed by atoms with Crippen LogP contribution < -0.4 is 5.32 Å². The molecule has 1 spiro atoms. The Morgan fingerprint density at radius 3 is 2.63 bits per heavy atom. The minimum atomic E-state index is 0.285. The molecule has 0 aromatic heterocycles. The van der Waals surface area contributed by atoms with Crippen molar-refractivity contribution in [3.05, 3.63) is 0 Å². The van der Waals surface area contributed by atoms with Crippen LogP contribution in [-0.2, 0) is 9.53 Å². The molecule has 0 radical (unpaired) electrons. The van der Waals surface area contributed by atoms with Gasteiger partial charge in [0.2, 0.25) is 5.91 Å². The third-order valence-corrected chi connectivity index (χ3v) is 4.86. The number of rotatable bonds is 3. The number of carbonyl (C=O) groups is 1. The Labute approximate surface area is 115 Å². The Balaban J connectivity index is 1.49. The third kappa shape index (κ3) is 3.09. The molecule has 0 unspecified atom stereocenters. The minimum absolute atomic E-state index is 0.285. The van der Waals surface area contributed by atoms with Gasteiger partial charge in [0.1, 0.15) is 0 Å². The number of nitrogens with one attached hydrogen (secondary N) is 1. The fourth-order valence-electron chi connectivity index (χ4n) is 3.56. The van der Waals surface area contributed by atoms with Gasteiger partial charge in [-0.2, -0.15) is 0 Å². The van der Waals surface area contributed by atoms with Gasteiger partial charge in [-0.05, 0) is 31.3 Å². The van der Waals surface area contributed by atoms with E-state index in [1.54, 1.807) is 0 Å². The molecule has 3 aliphatic rings. The van der Waals surface area contributed by atoms with Gasteiger partial charge < -0.3 is 15.0 Å². The van der Waals surface area contributed by atoms with Crippen molar-refractivity contribution in [2.45, 2.75) is 19.3 Å². The standard InChI is InChI=1S/C14H25N3O2/c18-13-11-14(1-3-15-4-2-14)12-17(13)6-5-16-7-9-19-10-8-16/h15H,1-12H2. The Morgan fingerprint density at radius 1 is 1.16 bits per heavy atom. The van der Waals surface area contributed by atoms with Crippen LogP contribution in [0.2, 0.25) is 0 Å². The van der Waals surface area contributed by atoms with Gasteiger partial charge in [0.25, 0.3) is 0 Å². The molecule has 19 heavy (non-hydrogen) atoms. The lowest BCUT2D eigenvalue weighted by molar-refractivity contribution is -0.128. The van der Waals surface area contributed by atoms with E-state index in [2.05, 4.69) is 15.1 Å². The van der Waals surface area contributed by atoms with Crippen LogP contribution in [0.25, 0.3) is 0 Å². The van der Waals surface area contributed by atoms with Gasteiger partial charge in [-0.1, -0.05) is 0 Å². The first kappa shape index (κ1) is 13.3. The summed E-state index contributed by atoms with van der Waals surface area (Å²) in [6.07, 6.45) is 3.09. The van der Waals surface area contributed by atoms with Gasteiger partial charge in [0, 0.05) is 39.1 Å². The van der Waals surface area contributed by atoms with Crippen molar-refractivity contribution in [2.75, 3.05) is 59.0 Å². The number of hydrogen-bond acceptors (Lipinski definition) is 4. The summed E-state index contributed by atoms with van der Waals surface area (Å²) >= 11 is 0. The summed E-state index contributed by atoms with van der Waals surface area (Å²) in [4.78, 5) is 16.7. The van der Waals surface area contributed by atoms with E-state index in [0.717, 1.165) is 78.3 Å². The molecular weight excluding hydrogens is 242 g/mol. The maximum absolute atomic E-state index is 12.2. The molecular formula is C14H25N3O2. The summed E-state index contributed by atoms with van der Waals surface area (Å²) in [5, 5.41) is 3.40. The summed E-state index contributed by atoms with van der Waals surface area (Å²) in [6.45, 7) is 8.73. The van der Waals surface area contributed by atoms with Crippen LogP contribution in [0, 0.1) is 5.41 Å². The molecule has 5 nitrogen and oxygen atoms in total. The number of hydrogen-bond donors (Lipinski definition) is 1. The highest BCUT2D eigenvalue weighted by atomic mass is 16.5. The Bertz CT molecular complexity index is 323. The molecule has 0 aromatic rings. The number of nitrogens with zero attached hydrogens (tertiary/aromatic N) is 2. The maximum Gasteiger partial charge on any atom is 0.223 e. The second-order valence-corrected chi connectivity index (χ2v) is 6.20. The predicted molar refractivity (Wildman–Crippen MR) is 73.0 cm³/mol. The van der Waals surface area contributed by atoms with Crippen LogP contribution in [0.15, 0.2) is 0 Å². The topological polar surface area (TPSA) is 44.8 Å². The van der Waals surface area contributed by atoms with E-state index in [4.69, 9.17) is 4.74 Å². The average molecular weight is 267 g/mol. The molecule has 5 heteroatoms. The molecule has 108 valence electrons. The van der Waals surface area contributed by atoms with Gasteiger partial charge in [-0.15, -0.1) is 0 Å². The molecule has 1 N–H and O–H groups in total. The summed E-state index contributed by atoms with van der Waals surface area (Å²) in [5.41, 5.74) is 0.285. The first-order chi connectivity index (χ1) is 9.27. The summed E-state index contributed by atoms with van der Waals surface area (Å²) < 4.78 is 5.35. The summed E-state index contributed by atoms with van der Waals surface area (Å²) in [5.74, 6) is 0.371. The highest BCUT2D eigenvalue weighted by molar-refractivity contribution is 5.79. The lowest BCUT2D eigenvalue weighted by atomic mass is 9.78. The summed E-state index contributed by atoms with van der Waals surface area (Å²) in [7, 11) is 0. The van der Waals surface area contributed by atoms with Crippen molar-refractivity contribution in [3.8, 4) is 0 Å². The van der Waals surface area contributed by atoms with Gasteiger partial charge in [-0.25, -0.2) is 0 Å². The van der Waals surface area contributed by atoms with Crippen molar-refractivity contribution >= 4 is 5.91 Å². The van der Waals surface area contributed by atoms with Crippen LogP contribution in [0.4, 0.5) is 0 Å². The average Bonchev–Trinajstić information content (AvgIpc) is 2.74. The number of piperidine rings is 1. The Hall–Kier alpha value is -0.650. The zero-order valence-corrected chi connectivity index (χ0v) is 11.7. The molecule has 1 amide bonds. The molecule has 3 fully saturated rings. The molecule has 0 aliphatic carbocycles. The van der Waals surface area contributed by atoms with Crippen molar-refractivity contribution in [2.24, 2.45) is 5.41 Å². The van der Waals surface area contributed by atoms with E-state index >= 15 is 0 Å². The van der Waals surface area contributed by atoms with E-state index in [-0.39, 0.29) is 5.41 Å². The van der Waals surface area contributed by atoms with E-state index in [9.17, 15) is 4.79 Å². The lowest BCUT2D eigenvalue weighted by Gasteiger charge is -2.33. The van der Waals surface area contributed by atoms with Crippen LogP contribution in [0.3, 0.4) is 0 Å². The number of amides is 1. The van der Waals surface area contributed by atoms with Crippen molar-refractivity contribution in [1.29, 1.82) is 0 Å². The monoisotopic (exact) mass is 267 g/mol. The number of morpholine rings is 1. The fraction of sp³-hybridized carbons (Fsp3) is 0.929. The van der Waals surface area contributed by atoms with Crippen LogP contribution in [-0.4, -0.2) is 74.7 Å².